The van der Waals surface area contributed by atoms with Crippen molar-refractivity contribution in [2.45, 2.75) is 87.5 Å². The Morgan fingerprint density at radius 1 is 0.435 bits per heavy atom. The molecule has 0 aliphatic heterocycles. The number of hydrogen-bond donors (Lipinski definition) is 0. The minimum Gasteiger partial charge on any atom is -0.465 e. The summed E-state index contributed by atoms with van der Waals surface area (Å²) >= 11 is 0. The molecule has 1 unspecified atom stereocenters. The zero-order valence-electron chi connectivity index (χ0n) is 28.0. The first-order chi connectivity index (χ1) is 21.5. The van der Waals surface area contributed by atoms with E-state index in [2.05, 4.69) is 19.7 Å². The summed E-state index contributed by atoms with van der Waals surface area (Å²) in [6.45, 7) is 23.0. The van der Waals surface area contributed by atoms with Gasteiger partial charge in [0.15, 0.2) is 17.8 Å². The first kappa shape index (κ1) is 48.9. The average Bonchev–Trinajstić information content (AvgIpc) is 3.02. The van der Waals surface area contributed by atoms with Gasteiger partial charge in [-0.05, 0) is 59.3 Å². The van der Waals surface area contributed by atoms with E-state index in [0.29, 0.717) is 19.8 Å². The second-order valence-corrected chi connectivity index (χ2v) is 8.99. The van der Waals surface area contributed by atoms with E-state index in [4.69, 9.17) is 28.4 Å². The van der Waals surface area contributed by atoms with E-state index in [1.807, 2.05) is 20.8 Å². The van der Waals surface area contributed by atoms with Crippen LogP contribution in [-0.2, 0) is 57.2 Å². The van der Waals surface area contributed by atoms with Gasteiger partial charge >= 0.3 is 35.8 Å². The summed E-state index contributed by atoms with van der Waals surface area (Å²) in [6, 6.07) is 0. The molecule has 0 rings (SSSR count). The first-order valence-electron chi connectivity index (χ1n) is 15.3. The van der Waals surface area contributed by atoms with Crippen LogP contribution < -0.4 is 0 Å². The second-order valence-electron chi connectivity index (χ2n) is 8.99. The van der Waals surface area contributed by atoms with E-state index in [1.54, 1.807) is 20.8 Å². The lowest BCUT2D eigenvalue weighted by Crippen LogP contribution is -2.28. The molecule has 0 bridgehead atoms. The fourth-order valence-corrected chi connectivity index (χ4v) is 3.00. The van der Waals surface area contributed by atoms with E-state index < -0.39 is 53.6 Å². The van der Waals surface area contributed by atoms with Crippen molar-refractivity contribution in [1.29, 1.82) is 0 Å². The third-order valence-corrected chi connectivity index (χ3v) is 5.12. The molecule has 0 saturated carbocycles. The Morgan fingerprint density at radius 3 is 0.783 bits per heavy atom. The highest BCUT2D eigenvalue weighted by atomic mass is 16.6. The molecule has 1 atom stereocenters. The normalized spacial score (nSPS) is 10.2. The van der Waals surface area contributed by atoms with E-state index in [9.17, 15) is 28.8 Å². The Balaban J connectivity index is -0.000000285. The topological polar surface area (TPSA) is 158 Å². The summed E-state index contributed by atoms with van der Waals surface area (Å²) in [5.41, 5.74) is 0. The molecule has 0 aromatic rings. The molecular weight excluding hydrogens is 600 g/mol. The van der Waals surface area contributed by atoms with Gasteiger partial charge in [0.2, 0.25) is 0 Å². The van der Waals surface area contributed by atoms with Crippen LogP contribution >= 0.6 is 0 Å². The van der Waals surface area contributed by atoms with Crippen LogP contribution in [0, 0.1) is 17.8 Å². The van der Waals surface area contributed by atoms with Crippen LogP contribution in [0.25, 0.3) is 0 Å². The molecule has 266 valence electrons. The molecule has 0 spiro atoms. The van der Waals surface area contributed by atoms with Gasteiger partial charge in [-0.1, -0.05) is 46.4 Å². The SMILES string of the molecule is C.C=CCC(C(=O)OCC)C(=O)OCC.C=CCC(C(=O)OCC)C(=O)OCCC.C=CCC(C(=O)OCCC)C(=O)OCCC. The van der Waals surface area contributed by atoms with Crippen LogP contribution in [0.4, 0.5) is 0 Å². The Bertz CT molecular complexity index is 859. The van der Waals surface area contributed by atoms with Gasteiger partial charge in [0, 0.05) is 0 Å². The van der Waals surface area contributed by atoms with Crippen LogP contribution in [0.3, 0.4) is 0 Å². The molecule has 46 heavy (non-hydrogen) atoms. The van der Waals surface area contributed by atoms with Crippen molar-refractivity contribution in [3.8, 4) is 0 Å². The first-order valence-corrected chi connectivity index (χ1v) is 15.3. The summed E-state index contributed by atoms with van der Waals surface area (Å²) in [4.78, 5) is 68.4. The fourth-order valence-electron chi connectivity index (χ4n) is 3.00. The number of rotatable bonds is 21. The van der Waals surface area contributed by atoms with Crippen LogP contribution in [0.2, 0.25) is 0 Å². The fraction of sp³-hybridized carbons (Fsp3) is 0.647. The van der Waals surface area contributed by atoms with Crippen molar-refractivity contribution in [1.82, 2.24) is 0 Å². The molecule has 0 aromatic heterocycles. The number of allylic oxidation sites excluding steroid dienone is 3. The summed E-state index contributed by atoms with van der Waals surface area (Å²) in [5.74, 6) is -5.83. The number of carbonyl (C=O) groups is 6. The third-order valence-electron chi connectivity index (χ3n) is 5.12. The molecule has 0 aliphatic rings. The standard InChI is InChI=1S/C12H20O4.C11H18O4.C10H16O4.CH4/c1-4-7-10(11(13)15-8-5-2)12(14)16-9-6-3;1-4-7-9(10(12)14-6-3)11(13)15-8-5-2;1-4-7-8(9(11)13-5-2)10(12)14-6-3;/h4,10H,1,5-9H2,2-3H3;4,9H,1,5-8H2,2-3H3;4,8H,1,5-7H2,2-3H3;1H4. The highest BCUT2D eigenvalue weighted by Gasteiger charge is 2.29. The van der Waals surface area contributed by atoms with Gasteiger partial charge < -0.3 is 28.4 Å². The maximum absolute atomic E-state index is 11.5. The molecule has 0 aliphatic carbocycles. The lowest BCUT2D eigenvalue weighted by molar-refractivity contribution is -0.163. The van der Waals surface area contributed by atoms with Gasteiger partial charge in [-0.2, -0.15) is 0 Å². The lowest BCUT2D eigenvalue weighted by atomic mass is 10.1. The summed E-state index contributed by atoms with van der Waals surface area (Å²) in [7, 11) is 0. The van der Waals surface area contributed by atoms with Crippen molar-refractivity contribution in [3.63, 3.8) is 0 Å². The number of carbonyl (C=O) groups excluding carboxylic acids is 6. The van der Waals surface area contributed by atoms with Gasteiger partial charge in [-0.15, -0.1) is 19.7 Å². The van der Waals surface area contributed by atoms with E-state index >= 15 is 0 Å². The van der Waals surface area contributed by atoms with E-state index in [-0.39, 0.29) is 46.5 Å². The lowest BCUT2D eigenvalue weighted by Gasteiger charge is -2.13. The molecule has 0 amide bonds. The number of esters is 6. The van der Waals surface area contributed by atoms with Crippen molar-refractivity contribution < 1.29 is 57.2 Å². The minimum absolute atomic E-state index is 0. The highest BCUT2D eigenvalue weighted by molar-refractivity contribution is 5.96. The van der Waals surface area contributed by atoms with Gasteiger partial charge in [0.1, 0.15) is 0 Å². The predicted molar refractivity (Wildman–Crippen MR) is 175 cm³/mol. The third kappa shape index (κ3) is 24.4. The zero-order chi connectivity index (χ0) is 35.0. The second kappa shape index (κ2) is 33.9. The number of hydrogen-bond acceptors (Lipinski definition) is 12. The Labute approximate surface area is 275 Å². The maximum atomic E-state index is 11.5. The zero-order valence-corrected chi connectivity index (χ0v) is 28.0. The molecular formula is C34H58O12. The molecule has 0 fully saturated rings. The maximum Gasteiger partial charge on any atom is 0.320 e. The van der Waals surface area contributed by atoms with Crippen LogP contribution in [-0.4, -0.2) is 75.5 Å². The quantitative estimate of drug-likeness (QED) is 0.0640. The van der Waals surface area contributed by atoms with E-state index in [1.165, 1.54) is 18.2 Å². The Morgan fingerprint density at radius 2 is 0.630 bits per heavy atom. The van der Waals surface area contributed by atoms with Crippen LogP contribution in [0.15, 0.2) is 38.0 Å². The molecule has 0 heterocycles. The molecule has 0 radical (unpaired) electrons. The van der Waals surface area contributed by atoms with Crippen molar-refractivity contribution in [2.75, 3.05) is 39.6 Å². The number of ether oxygens (including phenoxy) is 6. The molecule has 12 heteroatoms. The summed E-state index contributed by atoms with van der Waals surface area (Å²) < 4.78 is 29.0. The van der Waals surface area contributed by atoms with Gasteiger partial charge in [0.25, 0.3) is 0 Å². The average molecular weight is 659 g/mol. The summed E-state index contributed by atoms with van der Waals surface area (Å²) in [5, 5.41) is 0. The predicted octanol–water partition coefficient (Wildman–Crippen LogP) is 5.72. The van der Waals surface area contributed by atoms with Crippen molar-refractivity contribution in [3.05, 3.63) is 38.0 Å². The van der Waals surface area contributed by atoms with Gasteiger partial charge in [-0.3, -0.25) is 28.8 Å². The van der Waals surface area contributed by atoms with Gasteiger partial charge in [0.05, 0.1) is 39.6 Å². The molecule has 0 N–H and O–H groups in total. The Hall–Kier alpha value is -3.96. The molecule has 0 saturated heterocycles. The smallest absolute Gasteiger partial charge is 0.320 e. The molecule has 0 aromatic carbocycles. The van der Waals surface area contributed by atoms with E-state index in [0.717, 1.165) is 19.3 Å². The largest absolute Gasteiger partial charge is 0.465 e. The van der Waals surface area contributed by atoms with Crippen LogP contribution in [0.5, 0.6) is 0 Å². The van der Waals surface area contributed by atoms with Gasteiger partial charge in [-0.25, -0.2) is 0 Å². The van der Waals surface area contributed by atoms with Crippen molar-refractivity contribution in [2.24, 2.45) is 17.8 Å². The van der Waals surface area contributed by atoms with Crippen molar-refractivity contribution >= 4 is 35.8 Å². The summed E-state index contributed by atoms with van der Waals surface area (Å²) in [6.07, 6.45) is 7.48. The molecule has 12 nitrogen and oxygen atoms in total. The Kier molecular flexibility index (Phi) is 36.1. The van der Waals surface area contributed by atoms with Crippen LogP contribution in [0.1, 0.15) is 87.5 Å². The minimum atomic E-state index is -0.868. The highest BCUT2D eigenvalue weighted by Crippen LogP contribution is 2.11. The monoisotopic (exact) mass is 658 g/mol.